The summed E-state index contributed by atoms with van der Waals surface area (Å²) in [4.78, 5) is 11.0. The lowest BCUT2D eigenvalue weighted by Gasteiger charge is -2.16. The zero-order chi connectivity index (χ0) is 12.8. The predicted molar refractivity (Wildman–Crippen MR) is 66.9 cm³/mol. The number of rotatable bonds is 5. The predicted octanol–water partition coefficient (Wildman–Crippen LogP) is 1.88. The minimum atomic E-state index is -1.03. The van der Waals surface area contributed by atoms with E-state index in [1.54, 1.807) is 6.92 Å². The van der Waals surface area contributed by atoms with Crippen molar-refractivity contribution in [2.75, 3.05) is 5.32 Å². The van der Waals surface area contributed by atoms with Crippen molar-refractivity contribution >= 4 is 11.7 Å². The Morgan fingerprint density at radius 2 is 1.88 bits per heavy atom. The van der Waals surface area contributed by atoms with E-state index in [2.05, 4.69) is 5.32 Å². The molecular weight excluding hydrogens is 218 g/mol. The largest absolute Gasteiger partial charge is 0.478 e. The van der Waals surface area contributed by atoms with E-state index in [1.807, 2.05) is 30.3 Å². The summed E-state index contributed by atoms with van der Waals surface area (Å²) in [6.45, 7) is 3.27. The maximum absolute atomic E-state index is 11.0. The second-order valence-electron chi connectivity index (χ2n) is 3.90. The van der Waals surface area contributed by atoms with Crippen molar-refractivity contribution in [1.82, 2.24) is 0 Å². The van der Waals surface area contributed by atoms with Crippen molar-refractivity contribution < 1.29 is 15.0 Å². The van der Waals surface area contributed by atoms with Gasteiger partial charge in [-0.1, -0.05) is 18.2 Å². The van der Waals surface area contributed by atoms with Gasteiger partial charge in [0, 0.05) is 5.69 Å². The highest BCUT2D eigenvalue weighted by Crippen LogP contribution is 2.12. The first-order valence-electron chi connectivity index (χ1n) is 5.45. The van der Waals surface area contributed by atoms with Crippen LogP contribution in [-0.2, 0) is 4.79 Å². The summed E-state index contributed by atoms with van der Waals surface area (Å²) in [5, 5.41) is 21.3. The third kappa shape index (κ3) is 4.28. The van der Waals surface area contributed by atoms with Crippen LogP contribution in [0.5, 0.6) is 0 Å². The second kappa shape index (κ2) is 6.06. The first-order valence-corrected chi connectivity index (χ1v) is 5.45. The van der Waals surface area contributed by atoms with Crippen molar-refractivity contribution in [3.05, 3.63) is 42.0 Å². The molecule has 3 N–H and O–H groups in total. The van der Waals surface area contributed by atoms with Gasteiger partial charge in [-0.2, -0.15) is 0 Å². The summed E-state index contributed by atoms with van der Waals surface area (Å²) < 4.78 is 0. The number of hydrogen-bond donors (Lipinski definition) is 3. The number of carbonyl (C=O) groups is 1. The molecule has 0 radical (unpaired) electrons. The van der Waals surface area contributed by atoms with E-state index >= 15 is 0 Å². The molecule has 0 bridgehead atoms. The third-order valence-electron chi connectivity index (χ3n) is 2.29. The first kappa shape index (κ1) is 13.3. The van der Waals surface area contributed by atoms with Crippen molar-refractivity contribution in [1.29, 1.82) is 0 Å². The topological polar surface area (TPSA) is 69.6 Å². The van der Waals surface area contributed by atoms with Crippen molar-refractivity contribution in [3.8, 4) is 0 Å². The van der Waals surface area contributed by atoms with Gasteiger partial charge in [-0.15, -0.1) is 0 Å². The summed E-state index contributed by atoms with van der Waals surface area (Å²) in [6.07, 6.45) is 0.560. The number of benzene rings is 1. The summed E-state index contributed by atoms with van der Waals surface area (Å²) in [6, 6.07) is 8.97. The molecule has 2 atom stereocenters. The minimum absolute atomic E-state index is 0.156. The zero-order valence-electron chi connectivity index (χ0n) is 9.92. The van der Waals surface area contributed by atoms with E-state index in [0.717, 1.165) is 5.69 Å². The normalized spacial score (nSPS) is 15.1. The Morgan fingerprint density at radius 3 is 2.35 bits per heavy atom. The summed E-state index contributed by atoms with van der Waals surface area (Å²) in [5.74, 6) is -1.03. The number of carboxylic acid groups (broad SMARTS) is 1. The van der Waals surface area contributed by atoms with Crippen LogP contribution < -0.4 is 5.32 Å². The van der Waals surface area contributed by atoms with E-state index in [0.29, 0.717) is 0 Å². The Kier molecular flexibility index (Phi) is 4.72. The van der Waals surface area contributed by atoms with Gasteiger partial charge in [0.2, 0.25) is 0 Å². The lowest BCUT2D eigenvalue weighted by molar-refractivity contribution is -0.132. The molecule has 0 spiro atoms. The van der Waals surface area contributed by atoms with E-state index in [9.17, 15) is 9.90 Å². The fourth-order valence-electron chi connectivity index (χ4n) is 1.52. The van der Waals surface area contributed by atoms with Gasteiger partial charge in [0.1, 0.15) is 0 Å². The highest BCUT2D eigenvalue weighted by atomic mass is 16.4. The molecule has 0 saturated heterocycles. The average Bonchev–Trinajstić information content (AvgIpc) is 2.26. The molecule has 0 aromatic heterocycles. The van der Waals surface area contributed by atoms with Crippen LogP contribution in [0.1, 0.15) is 13.8 Å². The fourth-order valence-corrected chi connectivity index (χ4v) is 1.52. The molecule has 0 aliphatic rings. The number of aliphatic carboxylic acids is 1. The monoisotopic (exact) mass is 235 g/mol. The van der Waals surface area contributed by atoms with Crippen LogP contribution in [0.3, 0.4) is 0 Å². The van der Waals surface area contributed by atoms with Gasteiger partial charge in [-0.3, -0.25) is 0 Å². The van der Waals surface area contributed by atoms with Crippen LogP contribution in [0.25, 0.3) is 0 Å². The molecule has 0 fully saturated rings. The van der Waals surface area contributed by atoms with Gasteiger partial charge in [0.25, 0.3) is 0 Å². The van der Waals surface area contributed by atoms with Gasteiger partial charge in [0.05, 0.1) is 17.7 Å². The van der Waals surface area contributed by atoms with Crippen molar-refractivity contribution in [2.24, 2.45) is 0 Å². The summed E-state index contributed by atoms with van der Waals surface area (Å²) >= 11 is 0. The Labute approximate surface area is 101 Å². The van der Waals surface area contributed by atoms with Crippen LogP contribution in [0.4, 0.5) is 5.69 Å². The van der Waals surface area contributed by atoms with Gasteiger partial charge >= 0.3 is 5.97 Å². The molecule has 4 heteroatoms. The van der Waals surface area contributed by atoms with Gasteiger partial charge in [0.15, 0.2) is 0 Å². The number of hydrogen-bond acceptors (Lipinski definition) is 3. The molecule has 0 aliphatic heterocycles. The standard InChI is InChI=1S/C13H17NO3/c1-9(15)8-12(13(16)17)10(2)14-11-6-4-3-5-7-11/h3-10,14-15H,1-2H3,(H,16,17)/b12-8+. The average molecular weight is 235 g/mol. The Bertz CT molecular complexity index is 398. The summed E-state index contributed by atoms with van der Waals surface area (Å²) in [5.41, 5.74) is 1.00. The highest BCUT2D eigenvalue weighted by Gasteiger charge is 2.16. The number of aliphatic hydroxyl groups excluding tert-OH is 1. The molecule has 0 aliphatic carbocycles. The molecule has 1 aromatic carbocycles. The van der Waals surface area contributed by atoms with E-state index < -0.39 is 12.1 Å². The van der Waals surface area contributed by atoms with Crippen LogP contribution in [0.15, 0.2) is 42.0 Å². The van der Waals surface area contributed by atoms with Crippen molar-refractivity contribution in [3.63, 3.8) is 0 Å². The van der Waals surface area contributed by atoms with Crippen LogP contribution >= 0.6 is 0 Å². The number of anilines is 1. The first-order chi connectivity index (χ1) is 8.00. The van der Waals surface area contributed by atoms with E-state index in [4.69, 9.17) is 5.11 Å². The molecule has 92 valence electrons. The third-order valence-corrected chi connectivity index (χ3v) is 2.29. The summed E-state index contributed by atoms with van der Waals surface area (Å²) in [7, 11) is 0. The molecule has 17 heavy (non-hydrogen) atoms. The van der Waals surface area contributed by atoms with Gasteiger partial charge < -0.3 is 15.5 Å². The van der Waals surface area contributed by atoms with Crippen LogP contribution in [-0.4, -0.2) is 28.3 Å². The van der Waals surface area contributed by atoms with Gasteiger partial charge in [-0.05, 0) is 32.1 Å². The number of nitrogens with one attached hydrogen (secondary N) is 1. The highest BCUT2D eigenvalue weighted by molar-refractivity contribution is 5.88. The molecule has 2 unspecified atom stereocenters. The van der Waals surface area contributed by atoms with Crippen molar-refractivity contribution in [2.45, 2.75) is 26.0 Å². The molecular formula is C13H17NO3. The maximum atomic E-state index is 11.0. The van der Waals surface area contributed by atoms with Crippen LogP contribution in [0.2, 0.25) is 0 Å². The fraction of sp³-hybridized carbons (Fsp3) is 0.308. The molecule has 1 rings (SSSR count). The number of aliphatic hydroxyl groups is 1. The number of carboxylic acids is 1. The smallest absolute Gasteiger partial charge is 0.333 e. The van der Waals surface area contributed by atoms with Crippen LogP contribution in [0, 0.1) is 0 Å². The molecule has 0 heterocycles. The quantitative estimate of drug-likeness (QED) is 0.681. The minimum Gasteiger partial charge on any atom is -0.478 e. The lowest BCUT2D eigenvalue weighted by Crippen LogP contribution is -2.24. The molecule has 0 amide bonds. The maximum Gasteiger partial charge on any atom is 0.333 e. The second-order valence-corrected chi connectivity index (χ2v) is 3.90. The van der Waals surface area contributed by atoms with Gasteiger partial charge in [-0.25, -0.2) is 4.79 Å². The van der Waals surface area contributed by atoms with E-state index in [1.165, 1.54) is 13.0 Å². The lowest BCUT2D eigenvalue weighted by atomic mass is 10.1. The Balaban J connectivity index is 2.80. The van der Waals surface area contributed by atoms with E-state index in [-0.39, 0.29) is 11.6 Å². The zero-order valence-corrected chi connectivity index (χ0v) is 9.92. The Morgan fingerprint density at radius 1 is 1.29 bits per heavy atom. The molecule has 0 saturated carbocycles. The SMILES string of the molecule is CC(O)/C=C(/C(=O)O)C(C)Nc1ccccc1. The molecule has 1 aromatic rings. The number of para-hydroxylation sites is 1. The molecule has 4 nitrogen and oxygen atoms in total. The Hall–Kier alpha value is -1.81.